The number of hydrogen-bond donors (Lipinski definition) is 7. The van der Waals surface area contributed by atoms with Gasteiger partial charge in [0.1, 0.15) is 48.8 Å². The quantitative estimate of drug-likeness (QED) is 0.251. The largest absolute Gasteiger partial charge is 0.394 e. The van der Waals surface area contributed by atoms with Crippen LogP contribution in [0.15, 0.2) is 0 Å². The van der Waals surface area contributed by atoms with E-state index in [2.05, 4.69) is 0 Å². The Balaban J connectivity index is 2.12. The number of aliphatic hydroxyl groups is 7. The van der Waals surface area contributed by atoms with Crippen molar-refractivity contribution >= 4 is 0 Å². The molecule has 0 saturated carbocycles. The van der Waals surface area contributed by atoms with Gasteiger partial charge in [0.05, 0.1) is 13.2 Å². The second-order valence-electron chi connectivity index (χ2n) is 5.74. The summed E-state index contributed by atoms with van der Waals surface area (Å²) in [5, 5.41) is 68.0. The normalized spacial score (nSPS) is 50.0. The van der Waals surface area contributed by atoms with Crippen LogP contribution >= 0.6 is 0 Å². The molecule has 0 spiro atoms. The molecule has 0 radical (unpaired) electrons. The molecule has 24 heavy (non-hydrogen) atoms. The van der Waals surface area contributed by atoms with E-state index < -0.39 is 74.6 Å². The van der Waals surface area contributed by atoms with Crippen LogP contribution in [0.3, 0.4) is 0 Å². The van der Waals surface area contributed by atoms with E-state index in [1.54, 1.807) is 0 Å². The number of methoxy groups -OCH3 is 1. The Hall–Kier alpha value is -0.440. The van der Waals surface area contributed by atoms with Crippen LogP contribution in [-0.4, -0.2) is 117 Å². The van der Waals surface area contributed by atoms with E-state index in [9.17, 15) is 30.6 Å². The highest BCUT2D eigenvalue weighted by Crippen LogP contribution is 2.29. The molecule has 142 valence electrons. The van der Waals surface area contributed by atoms with Crippen LogP contribution in [0.1, 0.15) is 0 Å². The predicted octanol–water partition coefficient (Wildman–Crippen LogP) is -4.74. The topological polar surface area (TPSA) is 179 Å². The second-order valence-corrected chi connectivity index (χ2v) is 5.74. The summed E-state index contributed by atoms with van der Waals surface area (Å²) >= 11 is 0. The summed E-state index contributed by atoms with van der Waals surface area (Å²) < 4.78 is 20.6. The minimum atomic E-state index is -1.69. The van der Waals surface area contributed by atoms with Gasteiger partial charge < -0.3 is 54.7 Å². The Kier molecular flexibility index (Phi) is 6.87. The molecule has 0 aromatic rings. The molecular formula is C13H24O11. The van der Waals surface area contributed by atoms with E-state index in [-0.39, 0.29) is 0 Å². The van der Waals surface area contributed by atoms with Crippen molar-refractivity contribution in [3.63, 3.8) is 0 Å². The summed E-state index contributed by atoms with van der Waals surface area (Å²) in [6.07, 6.45) is -14.3. The molecule has 2 aliphatic heterocycles. The molecule has 2 heterocycles. The first-order valence-corrected chi connectivity index (χ1v) is 7.46. The first kappa shape index (κ1) is 19.9. The highest BCUT2D eigenvalue weighted by Gasteiger charge is 2.50. The first-order chi connectivity index (χ1) is 11.3. The van der Waals surface area contributed by atoms with Crippen LogP contribution in [0.5, 0.6) is 0 Å². The zero-order valence-electron chi connectivity index (χ0n) is 13.0. The average molecular weight is 356 g/mol. The lowest BCUT2D eigenvalue weighted by atomic mass is 9.97. The van der Waals surface area contributed by atoms with Gasteiger partial charge in [0, 0.05) is 7.11 Å². The van der Waals surface area contributed by atoms with Gasteiger partial charge in [-0.3, -0.25) is 0 Å². The molecule has 10 atom stereocenters. The summed E-state index contributed by atoms with van der Waals surface area (Å²) in [7, 11) is 1.24. The maximum absolute atomic E-state index is 10.2. The van der Waals surface area contributed by atoms with E-state index in [1.807, 2.05) is 0 Å². The van der Waals surface area contributed by atoms with E-state index >= 15 is 0 Å². The van der Waals surface area contributed by atoms with E-state index in [0.717, 1.165) is 0 Å². The van der Waals surface area contributed by atoms with E-state index in [1.165, 1.54) is 7.11 Å². The molecule has 0 bridgehead atoms. The van der Waals surface area contributed by atoms with Crippen LogP contribution in [0.4, 0.5) is 0 Å². The Morgan fingerprint density at radius 2 is 1.25 bits per heavy atom. The SMILES string of the molecule is CO[C@@H]1OC(CO)[C@@H](O[C@@H]2OC(CO)[C@H](O)C(O)C2O)C(O)C1O. The summed E-state index contributed by atoms with van der Waals surface area (Å²) in [6.45, 7) is -1.24. The van der Waals surface area contributed by atoms with Crippen LogP contribution < -0.4 is 0 Å². The van der Waals surface area contributed by atoms with Gasteiger partial charge in [-0.1, -0.05) is 0 Å². The lowest BCUT2D eigenvalue weighted by Gasteiger charge is -2.45. The average Bonchev–Trinajstić information content (AvgIpc) is 2.59. The molecule has 0 aromatic heterocycles. The zero-order valence-corrected chi connectivity index (χ0v) is 13.0. The molecule has 0 aromatic carbocycles. The predicted molar refractivity (Wildman–Crippen MR) is 73.4 cm³/mol. The first-order valence-electron chi connectivity index (χ1n) is 7.46. The fourth-order valence-corrected chi connectivity index (χ4v) is 2.75. The minimum absolute atomic E-state index is 0.592. The maximum atomic E-state index is 10.2. The third-order valence-corrected chi connectivity index (χ3v) is 4.19. The van der Waals surface area contributed by atoms with Crippen LogP contribution in [0.25, 0.3) is 0 Å². The molecular weight excluding hydrogens is 332 g/mol. The van der Waals surface area contributed by atoms with E-state index in [0.29, 0.717) is 0 Å². The lowest BCUT2D eigenvalue weighted by Crippen LogP contribution is -2.64. The van der Waals surface area contributed by atoms with Gasteiger partial charge in [-0.25, -0.2) is 0 Å². The van der Waals surface area contributed by atoms with Crippen LogP contribution in [0.2, 0.25) is 0 Å². The Morgan fingerprint density at radius 1 is 0.708 bits per heavy atom. The van der Waals surface area contributed by atoms with Crippen molar-refractivity contribution in [2.75, 3.05) is 20.3 Å². The van der Waals surface area contributed by atoms with Gasteiger partial charge >= 0.3 is 0 Å². The number of ether oxygens (including phenoxy) is 4. The summed E-state index contributed by atoms with van der Waals surface area (Å²) in [5.41, 5.74) is 0. The van der Waals surface area contributed by atoms with Gasteiger partial charge in [-0.15, -0.1) is 0 Å². The van der Waals surface area contributed by atoms with Crippen molar-refractivity contribution in [3.8, 4) is 0 Å². The van der Waals surface area contributed by atoms with Gasteiger partial charge in [0.2, 0.25) is 0 Å². The van der Waals surface area contributed by atoms with Crippen molar-refractivity contribution in [1.82, 2.24) is 0 Å². The molecule has 0 amide bonds. The molecule has 2 rings (SSSR count). The fraction of sp³-hybridized carbons (Fsp3) is 1.00. The van der Waals surface area contributed by atoms with Crippen molar-refractivity contribution in [1.29, 1.82) is 0 Å². The van der Waals surface area contributed by atoms with Crippen LogP contribution in [-0.2, 0) is 18.9 Å². The molecule has 2 fully saturated rings. The Morgan fingerprint density at radius 3 is 1.79 bits per heavy atom. The number of hydrogen-bond acceptors (Lipinski definition) is 11. The van der Waals surface area contributed by atoms with Gasteiger partial charge in [0.25, 0.3) is 0 Å². The third kappa shape index (κ3) is 3.71. The van der Waals surface area contributed by atoms with Crippen molar-refractivity contribution in [2.45, 2.75) is 61.4 Å². The number of aliphatic hydroxyl groups excluding tert-OH is 7. The Bertz CT molecular complexity index is 392. The summed E-state index contributed by atoms with van der Waals surface area (Å²) in [4.78, 5) is 0. The highest BCUT2D eigenvalue weighted by molar-refractivity contribution is 4.93. The molecule has 0 aliphatic carbocycles. The lowest BCUT2D eigenvalue weighted by molar-refractivity contribution is -0.357. The molecule has 2 saturated heterocycles. The zero-order chi connectivity index (χ0) is 18.0. The van der Waals surface area contributed by atoms with Crippen molar-refractivity contribution < 1.29 is 54.7 Å². The van der Waals surface area contributed by atoms with Crippen molar-refractivity contribution in [2.24, 2.45) is 0 Å². The van der Waals surface area contributed by atoms with Gasteiger partial charge in [-0.2, -0.15) is 0 Å². The van der Waals surface area contributed by atoms with Gasteiger partial charge in [0.15, 0.2) is 12.6 Å². The van der Waals surface area contributed by atoms with Crippen LogP contribution in [0, 0.1) is 0 Å². The van der Waals surface area contributed by atoms with Gasteiger partial charge in [-0.05, 0) is 0 Å². The molecule has 11 heteroatoms. The monoisotopic (exact) mass is 356 g/mol. The third-order valence-electron chi connectivity index (χ3n) is 4.19. The smallest absolute Gasteiger partial charge is 0.187 e. The minimum Gasteiger partial charge on any atom is -0.394 e. The van der Waals surface area contributed by atoms with E-state index in [4.69, 9.17) is 24.1 Å². The highest BCUT2D eigenvalue weighted by atomic mass is 16.7. The molecule has 11 nitrogen and oxygen atoms in total. The number of rotatable bonds is 5. The fourth-order valence-electron chi connectivity index (χ4n) is 2.75. The summed E-state index contributed by atoms with van der Waals surface area (Å²) in [6, 6.07) is 0. The standard InChI is InChI=1S/C13H24O11/c1-21-12-10(20)8(18)11(5(3-15)23-12)24-13-9(19)7(17)6(16)4(2-14)22-13/h4-20H,2-3H2,1H3/t4?,5?,6-,7?,8?,9?,10?,11+,12+,13-/m0/s1. The molecule has 2 aliphatic rings. The Labute approximate surface area is 137 Å². The molecule has 7 N–H and O–H groups in total. The second kappa shape index (κ2) is 8.29. The maximum Gasteiger partial charge on any atom is 0.187 e. The summed E-state index contributed by atoms with van der Waals surface area (Å²) in [5.74, 6) is 0. The molecule has 6 unspecified atom stereocenters. The van der Waals surface area contributed by atoms with Crippen molar-refractivity contribution in [3.05, 3.63) is 0 Å².